The molecular weight excluding hydrogens is 296 g/mol. The van der Waals surface area contributed by atoms with Gasteiger partial charge in [-0.2, -0.15) is 0 Å². The number of halogens is 1. The molecule has 0 saturated heterocycles. The number of anilines is 1. The third-order valence-electron chi connectivity index (χ3n) is 2.33. The molecule has 0 aliphatic rings. The van der Waals surface area contributed by atoms with E-state index in [1.807, 2.05) is 13.0 Å². The van der Waals surface area contributed by atoms with Gasteiger partial charge in [0.25, 0.3) is 5.91 Å². The van der Waals surface area contributed by atoms with E-state index in [-0.39, 0.29) is 11.3 Å². The number of carbonyl (C=O) groups excluding carboxylic acids is 1. The van der Waals surface area contributed by atoms with Crippen LogP contribution in [0.3, 0.4) is 0 Å². The fraction of sp³-hybridized carbons (Fsp3) is 0.0769. The van der Waals surface area contributed by atoms with Crippen LogP contribution in [0.4, 0.5) is 5.82 Å². The van der Waals surface area contributed by atoms with Crippen molar-refractivity contribution < 1.29 is 9.90 Å². The van der Waals surface area contributed by atoms with E-state index in [9.17, 15) is 9.90 Å². The third kappa shape index (κ3) is 2.87. The molecular formula is C13H11BrN2O2. The molecule has 1 amide bonds. The number of phenolic OH excluding ortho intramolecular Hbond substituents is 1. The zero-order chi connectivity index (χ0) is 13.1. The van der Waals surface area contributed by atoms with Crippen LogP contribution in [0, 0.1) is 6.92 Å². The van der Waals surface area contributed by atoms with Gasteiger partial charge in [0.15, 0.2) is 0 Å². The fourth-order valence-corrected chi connectivity index (χ4v) is 1.84. The number of amides is 1. The van der Waals surface area contributed by atoms with Crippen LogP contribution in [0.15, 0.2) is 40.9 Å². The van der Waals surface area contributed by atoms with Gasteiger partial charge in [0.05, 0.1) is 5.56 Å². The summed E-state index contributed by atoms with van der Waals surface area (Å²) in [6.45, 7) is 1.84. The van der Waals surface area contributed by atoms with Gasteiger partial charge in [-0.25, -0.2) is 4.98 Å². The van der Waals surface area contributed by atoms with Crippen molar-refractivity contribution in [1.29, 1.82) is 0 Å². The Morgan fingerprint density at radius 3 is 2.78 bits per heavy atom. The standard InChI is InChI=1S/C13H11BrN2O2/c1-8-3-2-4-12(15-8)16-13(18)10-6-5-9(14)7-11(10)17/h2-7,17H,1H3,(H,15,16,18). The molecule has 0 saturated carbocycles. The Kier molecular flexibility index (Phi) is 3.62. The molecule has 0 atom stereocenters. The molecule has 0 unspecified atom stereocenters. The smallest absolute Gasteiger partial charge is 0.260 e. The Balaban J connectivity index is 2.22. The average molecular weight is 307 g/mol. The van der Waals surface area contributed by atoms with Crippen LogP contribution in [0.5, 0.6) is 5.75 Å². The maximum Gasteiger partial charge on any atom is 0.260 e. The minimum Gasteiger partial charge on any atom is -0.507 e. The zero-order valence-electron chi connectivity index (χ0n) is 9.64. The van der Waals surface area contributed by atoms with E-state index in [2.05, 4.69) is 26.2 Å². The molecule has 4 nitrogen and oxygen atoms in total. The van der Waals surface area contributed by atoms with Gasteiger partial charge in [0.2, 0.25) is 0 Å². The Bertz CT molecular complexity index is 599. The van der Waals surface area contributed by atoms with Crippen molar-refractivity contribution in [2.75, 3.05) is 5.32 Å². The predicted octanol–water partition coefficient (Wildman–Crippen LogP) is 3.11. The quantitative estimate of drug-likeness (QED) is 0.896. The summed E-state index contributed by atoms with van der Waals surface area (Å²) in [6, 6.07) is 10.0. The Morgan fingerprint density at radius 2 is 2.11 bits per heavy atom. The van der Waals surface area contributed by atoms with Gasteiger partial charge in [0.1, 0.15) is 11.6 Å². The molecule has 0 spiro atoms. The van der Waals surface area contributed by atoms with Crippen LogP contribution in [-0.4, -0.2) is 16.0 Å². The number of pyridine rings is 1. The summed E-state index contributed by atoms with van der Waals surface area (Å²) in [5, 5.41) is 12.3. The van der Waals surface area contributed by atoms with Gasteiger partial charge in [-0.3, -0.25) is 4.79 Å². The number of benzene rings is 1. The van der Waals surface area contributed by atoms with Crippen molar-refractivity contribution in [3.8, 4) is 5.75 Å². The van der Waals surface area contributed by atoms with Crippen LogP contribution in [0.1, 0.15) is 16.1 Å². The summed E-state index contributed by atoms with van der Waals surface area (Å²) in [5.74, 6) is -0.00468. The van der Waals surface area contributed by atoms with Gasteiger partial charge in [0, 0.05) is 10.2 Å². The lowest BCUT2D eigenvalue weighted by Gasteiger charge is -2.06. The number of hydrogen-bond donors (Lipinski definition) is 2. The maximum atomic E-state index is 11.9. The number of aryl methyl sites for hydroxylation is 1. The Labute approximate surface area is 113 Å². The number of aromatic hydroxyl groups is 1. The summed E-state index contributed by atoms with van der Waals surface area (Å²) >= 11 is 3.22. The summed E-state index contributed by atoms with van der Waals surface area (Å²) < 4.78 is 0.713. The number of rotatable bonds is 2. The molecule has 0 fully saturated rings. The monoisotopic (exact) mass is 306 g/mol. The molecule has 18 heavy (non-hydrogen) atoms. The summed E-state index contributed by atoms with van der Waals surface area (Å²) in [6.07, 6.45) is 0. The molecule has 0 radical (unpaired) electrons. The molecule has 0 aliphatic carbocycles. The first-order chi connectivity index (χ1) is 8.56. The van der Waals surface area contributed by atoms with Gasteiger partial charge >= 0.3 is 0 Å². The van der Waals surface area contributed by atoms with E-state index in [0.717, 1.165) is 5.69 Å². The third-order valence-corrected chi connectivity index (χ3v) is 2.83. The lowest BCUT2D eigenvalue weighted by Crippen LogP contribution is -2.13. The highest BCUT2D eigenvalue weighted by Crippen LogP contribution is 2.23. The van der Waals surface area contributed by atoms with Gasteiger partial charge in [-0.15, -0.1) is 0 Å². The molecule has 0 bridgehead atoms. The first kappa shape index (κ1) is 12.6. The van der Waals surface area contributed by atoms with Gasteiger partial charge in [-0.05, 0) is 37.3 Å². The van der Waals surface area contributed by atoms with E-state index in [1.54, 1.807) is 24.3 Å². The van der Waals surface area contributed by atoms with Crippen LogP contribution in [0.2, 0.25) is 0 Å². The second kappa shape index (κ2) is 5.18. The first-order valence-corrected chi connectivity index (χ1v) is 6.09. The lowest BCUT2D eigenvalue weighted by atomic mass is 10.2. The van der Waals surface area contributed by atoms with Crippen molar-refractivity contribution in [2.24, 2.45) is 0 Å². The molecule has 1 heterocycles. The molecule has 2 N–H and O–H groups in total. The summed E-state index contributed by atoms with van der Waals surface area (Å²) in [4.78, 5) is 16.1. The zero-order valence-corrected chi connectivity index (χ0v) is 11.2. The number of nitrogens with zero attached hydrogens (tertiary/aromatic N) is 1. The summed E-state index contributed by atoms with van der Waals surface area (Å²) in [5.41, 5.74) is 1.02. The van der Waals surface area contributed by atoms with Crippen molar-refractivity contribution in [3.63, 3.8) is 0 Å². The summed E-state index contributed by atoms with van der Waals surface area (Å²) in [7, 11) is 0. The highest BCUT2D eigenvalue weighted by Gasteiger charge is 2.11. The Morgan fingerprint density at radius 1 is 1.33 bits per heavy atom. The fourth-order valence-electron chi connectivity index (χ4n) is 1.49. The molecule has 1 aromatic heterocycles. The predicted molar refractivity (Wildman–Crippen MR) is 72.7 cm³/mol. The second-order valence-corrected chi connectivity index (χ2v) is 4.70. The number of hydrogen-bond acceptors (Lipinski definition) is 3. The van der Waals surface area contributed by atoms with Crippen molar-refractivity contribution in [2.45, 2.75) is 6.92 Å². The number of phenols is 1. The highest BCUT2D eigenvalue weighted by atomic mass is 79.9. The second-order valence-electron chi connectivity index (χ2n) is 3.78. The van der Waals surface area contributed by atoms with Crippen LogP contribution in [-0.2, 0) is 0 Å². The normalized spacial score (nSPS) is 10.1. The number of carbonyl (C=O) groups is 1. The molecule has 0 aliphatic heterocycles. The SMILES string of the molecule is Cc1cccc(NC(=O)c2ccc(Br)cc2O)n1. The highest BCUT2D eigenvalue weighted by molar-refractivity contribution is 9.10. The molecule has 2 rings (SSSR count). The van der Waals surface area contributed by atoms with Gasteiger partial charge < -0.3 is 10.4 Å². The molecule has 2 aromatic rings. The van der Waals surface area contributed by atoms with E-state index in [0.29, 0.717) is 10.3 Å². The van der Waals surface area contributed by atoms with Crippen molar-refractivity contribution in [3.05, 3.63) is 52.1 Å². The lowest BCUT2D eigenvalue weighted by molar-refractivity contribution is 0.102. The largest absolute Gasteiger partial charge is 0.507 e. The van der Waals surface area contributed by atoms with E-state index in [4.69, 9.17) is 0 Å². The van der Waals surface area contributed by atoms with Crippen LogP contribution < -0.4 is 5.32 Å². The number of aromatic nitrogens is 1. The first-order valence-electron chi connectivity index (χ1n) is 5.30. The minimum absolute atomic E-state index is 0.0745. The average Bonchev–Trinajstić information content (AvgIpc) is 2.28. The van der Waals surface area contributed by atoms with E-state index >= 15 is 0 Å². The van der Waals surface area contributed by atoms with Crippen LogP contribution in [0.25, 0.3) is 0 Å². The number of nitrogens with one attached hydrogen (secondary N) is 1. The molecule has 5 heteroatoms. The van der Waals surface area contributed by atoms with Gasteiger partial charge in [-0.1, -0.05) is 22.0 Å². The van der Waals surface area contributed by atoms with Crippen LogP contribution >= 0.6 is 15.9 Å². The van der Waals surface area contributed by atoms with Crippen molar-refractivity contribution >= 4 is 27.7 Å². The topological polar surface area (TPSA) is 62.2 Å². The van der Waals surface area contributed by atoms with E-state index in [1.165, 1.54) is 6.07 Å². The van der Waals surface area contributed by atoms with E-state index < -0.39 is 5.91 Å². The molecule has 92 valence electrons. The maximum absolute atomic E-state index is 11.9. The Hall–Kier alpha value is -1.88. The minimum atomic E-state index is -0.391. The molecule has 1 aromatic carbocycles. The van der Waals surface area contributed by atoms with Crippen molar-refractivity contribution in [1.82, 2.24) is 4.98 Å².